The number of esters is 1. The number of hydrogen-bond acceptors (Lipinski definition) is 3. The molecule has 4 heteroatoms. The maximum Gasteiger partial charge on any atom is 0.315 e. The number of carbonyl (C=O) groups is 1. The minimum atomic E-state index is -1.07. The van der Waals surface area contributed by atoms with Gasteiger partial charge in [0, 0.05) is 5.54 Å². The molecule has 6 aliphatic rings. The number of rotatable bonds is 6. The van der Waals surface area contributed by atoms with Crippen LogP contribution in [0, 0.1) is 56.7 Å². The van der Waals surface area contributed by atoms with Gasteiger partial charge in [0.1, 0.15) is 13.3 Å². The smallest absolute Gasteiger partial charge is 0.315 e. The highest BCUT2D eigenvalue weighted by atomic mass is 19.1. The summed E-state index contributed by atoms with van der Waals surface area (Å²) in [6.45, 7) is 19.3. The van der Waals surface area contributed by atoms with Crippen LogP contribution < -0.4 is 5.73 Å². The van der Waals surface area contributed by atoms with E-state index in [1.54, 1.807) is 0 Å². The molecule has 48 heavy (non-hydrogen) atoms. The van der Waals surface area contributed by atoms with E-state index in [2.05, 4.69) is 60.3 Å². The van der Waals surface area contributed by atoms with Gasteiger partial charge in [0.2, 0.25) is 0 Å². The number of allylic oxidation sites excluding steroid dienone is 5. The average Bonchev–Trinajstić information content (AvgIpc) is 3.42. The van der Waals surface area contributed by atoms with E-state index in [-0.39, 0.29) is 23.0 Å². The predicted molar refractivity (Wildman–Crippen MR) is 194 cm³/mol. The van der Waals surface area contributed by atoms with Crippen LogP contribution in [0.3, 0.4) is 0 Å². The topological polar surface area (TPSA) is 52.3 Å². The highest BCUT2D eigenvalue weighted by Gasteiger charge is 2.70. The van der Waals surface area contributed by atoms with Crippen LogP contribution in [-0.2, 0) is 16.1 Å². The Morgan fingerprint density at radius 1 is 0.896 bits per heavy atom. The molecule has 0 aromatic heterocycles. The summed E-state index contributed by atoms with van der Waals surface area (Å²) in [6.07, 6.45) is 17.5. The van der Waals surface area contributed by atoms with Crippen LogP contribution in [-0.4, -0.2) is 18.2 Å². The normalized spacial score (nSPS) is 44.6. The minimum Gasteiger partial charge on any atom is -0.460 e. The van der Waals surface area contributed by atoms with Crippen LogP contribution in [0.2, 0.25) is 0 Å². The van der Waals surface area contributed by atoms with E-state index in [9.17, 15) is 9.18 Å². The molecule has 0 heterocycles. The molecule has 0 bridgehead atoms. The molecule has 0 saturated heterocycles. The van der Waals surface area contributed by atoms with Gasteiger partial charge in [-0.25, -0.2) is 4.39 Å². The van der Waals surface area contributed by atoms with Gasteiger partial charge in [0.05, 0.1) is 5.41 Å². The summed E-state index contributed by atoms with van der Waals surface area (Å²) >= 11 is 0. The standard InChI is InChI=1S/C44H62FNO2/c1-29(2)32-17-24-44(46)26-25-41(6)34(37(32)44)13-14-36-40(5)20-18-33(39(3,4)35(40)19-21-42(36,41)7)31-15-22-43(28-45,23-16-31)38(47)48-27-30-11-9-8-10-12-30/h8-12,15,18,32,34-37H,1,13-14,16-17,19-28,46H2,2-7H3/t32-,34+,35+,36-,37-,40-,41+,42+,43-,44-/m0/s1. The van der Waals surface area contributed by atoms with Crippen molar-refractivity contribution in [1.82, 2.24) is 0 Å². The third-order valence-electron chi connectivity index (χ3n) is 16.6. The van der Waals surface area contributed by atoms with Crippen LogP contribution in [0.5, 0.6) is 0 Å². The first kappa shape index (κ1) is 34.3. The van der Waals surface area contributed by atoms with Crippen molar-refractivity contribution in [3.8, 4) is 0 Å². The zero-order chi connectivity index (χ0) is 34.3. The molecule has 3 nitrogen and oxygen atoms in total. The SMILES string of the molecule is C=C(C)[C@@H]1CC[C@]2(N)CC[C@]3(C)[C@H](CC[C@H]4[C@@]5(C)CC=C(C6=CC[C@](CF)(C(=O)OCc7ccccc7)CC6)C(C)(C)[C@H]5CC[C@]43C)[C@H]12. The molecule has 6 aliphatic carbocycles. The van der Waals surface area contributed by atoms with Gasteiger partial charge in [0.15, 0.2) is 0 Å². The first-order valence-corrected chi connectivity index (χ1v) is 19.3. The van der Waals surface area contributed by atoms with E-state index in [4.69, 9.17) is 10.5 Å². The molecule has 2 N–H and O–H groups in total. The monoisotopic (exact) mass is 655 g/mol. The van der Waals surface area contributed by atoms with Gasteiger partial charge < -0.3 is 10.5 Å². The molecule has 0 amide bonds. The van der Waals surface area contributed by atoms with E-state index in [1.807, 2.05) is 30.3 Å². The van der Waals surface area contributed by atoms with Crippen molar-refractivity contribution in [2.24, 2.45) is 62.4 Å². The Morgan fingerprint density at radius 2 is 1.65 bits per heavy atom. The second-order valence-electron chi connectivity index (χ2n) is 18.9. The van der Waals surface area contributed by atoms with Crippen LogP contribution in [0.15, 0.2) is 65.8 Å². The lowest BCUT2D eigenvalue weighted by Gasteiger charge is -2.72. The molecule has 4 saturated carbocycles. The lowest BCUT2D eigenvalue weighted by molar-refractivity contribution is -0.219. The van der Waals surface area contributed by atoms with Crippen molar-refractivity contribution in [3.63, 3.8) is 0 Å². The van der Waals surface area contributed by atoms with Gasteiger partial charge in [-0.15, -0.1) is 0 Å². The Bertz CT molecular complexity index is 1510. The number of nitrogens with two attached hydrogens (primary N) is 1. The van der Waals surface area contributed by atoms with Crippen molar-refractivity contribution in [2.75, 3.05) is 6.67 Å². The first-order valence-electron chi connectivity index (χ1n) is 19.3. The van der Waals surface area contributed by atoms with Crippen LogP contribution >= 0.6 is 0 Å². The second-order valence-corrected chi connectivity index (χ2v) is 18.9. The quantitative estimate of drug-likeness (QED) is 0.245. The Hall–Kier alpha value is -2.20. The number of ether oxygens (including phenoxy) is 1. The van der Waals surface area contributed by atoms with Crippen LogP contribution in [0.4, 0.5) is 4.39 Å². The summed E-state index contributed by atoms with van der Waals surface area (Å²) in [4.78, 5) is 13.3. The summed E-state index contributed by atoms with van der Waals surface area (Å²) in [5.41, 5.74) is 12.2. The van der Waals surface area contributed by atoms with Crippen LogP contribution in [0.1, 0.15) is 124 Å². The summed E-state index contributed by atoms with van der Waals surface area (Å²) in [7, 11) is 0. The zero-order valence-electron chi connectivity index (χ0n) is 30.8. The molecule has 10 atom stereocenters. The molecular formula is C44H62FNO2. The van der Waals surface area contributed by atoms with Crippen LogP contribution in [0.25, 0.3) is 0 Å². The van der Waals surface area contributed by atoms with E-state index in [0.29, 0.717) is 53.3 Å². The summed E-state index contributed by atoms with van der Waals surface area (Å²) in [5, 5.41) is 0. The molecule has 0 aliphatic heterocycles. The second kappa shape index (κ2) is 11.7. The molecule has 4 fully saturated rings. The van der Waals surface area contributed by atoms with E-state index >= 15 is 0 Å². The van der Waals surface area contributed by atoms with Gasteiger partial charge in [-0.05, 0) is 152 Å². The van der Waals surface area contributed by atoms with Gasteiger partial charge in [-0.3, -0.25) is 4.79 Å². The molecule has 1 aromatic carbocycles. The fourth-order valence-electron chi connectivity index (χ4n) is 13.7. The maximum atomic E-state index is 14.6. The highest BCUT2D eigenvalue weighted by Crippen LogP contribution is 2.76. The molecule has 7 rings (SSSR count). The first-order chi connectivity index (χ1) is 22.7. The zero-order valence-corrected chi connectivity index (χ0v) is 30.8. The number of alkyl halides is 1. The number of benzene rings is 1. The lowest BCUT2D eigenvalue weighted by Crippen LogP contribution is -2.67. The number of fused-ring (bicyclic) bond motifs is 7. The molecule has 0 unspecified atom stereocenters. The fourth-order valence-corrected chi connectivity index (χ4v) is 13.7. The van der Waals surface area contributed by atoms with Crippen molar-refractivity contribution in [3.05, 3.63) is 71.3 Å². The Balaban J connectivity index is 1.12. The minimum absolute atomic E-state index is 0.00531. The maximum absolute atomic E-state index is 14.6. The van der Waals surface area contributed by atoms with E-state index in [0.717, 1.165) is 18.4 Å². The van der Waals surface area contributed by atoms with Crippen molar-refractivity contribution in [1.29, 1.82) is 0 Å². The lowest BCUT2D eigenvalue weighted by atomic mass is 9.33. The Morgan fingerprint density at radius 3 is 2.31 bits per heavy atom. The molecule has 1 aromatic rings. The summed E-state index contributed by atoms with van der Waals surface area (Å²) in [5.74, 6) is 2.74. The van der Waals surface area contributed by atoms with Gasteiger partial charge in [-0.2, -0.15) is 0 Å². The van der Waals surface area contributed by atoms with Crippen molar-refractivity contribution >= 4 is 5.97 Å². The van der Waals surface area contributed by atoms with Crippen molar-refractivity contribution < 1.29 is 13.9 Å². The van der Waals surface area contributed by atoms with Gasteiger partial charge in [0.25, 0.3) is 0 Å². The van der Waals surface area contributed by atoms with Gasteiger partial charge >= 0.3 is 5.97 Å². The Labute approximate surface area is 290 Å². The molecule has 0 spiro atoms. The number of carbonyl (C=O) groups excluding carboxylic acids is 1. The predicted octanol–water partition coefficient (Wildman–Crippen LogP) is 10.7. The van der Waals surface area contributed by atoms with Gasteiger partial charge in [-0.1, -0.05) is 89.3 Å². The average molecular weight is 656 g/mol. The fraction of sp³-hybridized carbons (Fsp3) is 0.705. The molecule has 262 valence electrons. The third kappa shape index (κ3) is 4.84. The Kier molecular flexibility index (Phi) is 8.33. The van der Waals surface area contributed by atoms with Crippen molar-refractivity contribution in [2.45, 2.75) is 131 Å². The largest absolute Gasteiger partial charge is 0.460 e. The third-order valence-corrected chi connectivity index (χ3v) is 16.6. The van der Waals surface area contributed by atoms with E-state index < -0.39 is 18.1 Å². The summed E-state index contributed by atoms with van der Waals surface area (Å²) < 4.78 is 20.3. The molecular weight excluding hydrogens is 593 g/mol. The van der Waals surface area contributed by atoms with E-state index in [1.165, 1.54) is 68.1 Å². The number of hydrogen-bond donors (Lipinski definition) is 1. The molecule has 0 radical (unpaired) electrons. The number of halogens is 1. The highest BCUT2D eigenvalue weighted by molar-refractivity contribution is 5.78. The summed E-state index contributed by atoms with van der Waals surface area (Å²) in [6, 6.07) is 9.68.